The van der Waals surface area contributed by atoms with E-state index in [1.54, 1.807) is 18.2 Å². The number of halogens is 2. The Kier molecular flexibility index (Phi) is 4.31. The van der Waals surface area contributed by atoms with E-state index in [4.69, 9.17) is 28.9 Å². The largest absolute Gasteiger partial charge is 0.392 e. The van der Waals surface area contributed by atoms with Crippen molar-refractivity contribution in [1.29, 1.82) is 0 Å². The summed E-state index contributed by atoms with van der Waals surface area (Å²) in [6, 6.07) is 5.37. The average molecular weight is 274 g/mol. The molecule has 1 aliphatic carbocycles. The highest BCUT2D eigenvalue weighted by atomic mass is 35.5. The van der Waals surface area contributed by atoms with Crippen molar-refractivity contribution in [3.05, 3.63) is 33.8 Å². The van der Waals surface area contributed by atoms with Gasteiger partial charge in [-0.2, -0.15) is 0 Å². The maximum absolute atomic E-state index is 10.2. The van der Waals surface area contributed by atoms with Gasteiger partial charge in [-0.25, -0.2) is 0 Å². The van der Waals surface area contributed by atoms with Crippen LogP contribution in [0.5, 0.6) is 0 Å². The third kappa shape index (κ3) is 3.14. The number of aliphatic hydroxyl groups excluding tert-OH is 1. The number of rotatable bonds is 5. The molecular formula is C13H17Cl2NO. The van der Waals surface area contributed by atoms with Crippen molar-refractivity contribution >= 4 is 23.2 Å². The van der Waals surface area contributed by atoms with Crippen LogP contribution in [0.3, 0.4) is 0 Å². The van der Waals surface area contributed by atoms with Crippen LogP contribution in [-0.4, -0.2) is 17.8 Å². The zero-order valence-electron chi connectivity index (χ0n) is 9.57. The molecule has 3 N–H and O–H groups in total. The van der Waals surface area contributed by atoms with Crippen molar-refractivity contribution in [2.24, 2.45) is 11.7 Å². The maximum Gasteiger partial charge on any atom is 0.0624 e. The summed E-state index contributed by atoms with van der Waals surface area (Å²) in [5.41, 5.74) is 6.55. The van der Waals surface area contributed by atoms with E-state index in [1.165, 1.54) is 12.8 Å². The first-order valence-electron chi connectivity index (χ1n) is 5.95. The van der Waals surface area contributed by atoms with Crippen molar-refractivity contribution in [2.75, 3.05) is 6.54 Å². The minimum Gasteiger partial charge on any atom is -0.392 e. The molecule has 1 saturated carbocycles. The number of hydrogen-bond donors (Lipinski definition) is 2. The number of nitrogens with two attached hydrogens (primary N) is 1. The summed E-state index contributed by atoms with van der Waals surface area (Å²) >= 11 is 12.3. The smallest absolute Gasteiger partial charge is 0.0624 e. The first-order valence-corrected chi connectivity index (χ1v) is 6.71. The number of benzene rings is 1. The lowest BCUT2D eigenvalue weighted by Gasteiger charge is -2.23. The molecule has 0 spiro atoms. The fourth-order valence-electron chi connectivity index (χ4n) is 2.19. The van der Waals surface area contributed by atoms with E-state index < -0.39 is 6.10 Å². The van der Waals surface area contributed by atoms with E-state index in [9.17, 15) is 5.11 Å². The molecule has 94 valence electrons. The first kappa shape index (κ1) is 13.2. The standard InChI is InChI=1S/C13H17Cl2NO/c14-10-2-1-3-11(15)13(10)9(7-16)12(17)6-8-4-5-8/h1-3,8-9,12,17H,4-7,16H2. The Hall–Kier alpha value is -0.280. The van der Waals surface area contributed by atoms with Crippen LogP contribution in [0.4, 0.5) is 0 Å². The summed E-state index contributed by atoms with van der Waals surface area (Å²) in [6.07, 6.45) is 2.77. The molecule has 0 radical (unpaired) electrons. The highest BCUT2D eigenvalue weighted by molar-refractivity contribution is 6.36. The predicted octanol–water partition coefficient (Wildman–Crippen LogP) is 3.20. The minimum atomic E-state index is -0.454. The normalized spacial score (nSPS) is 19.1. The molecule has 1 fully saturated rings. The van der Waals surface area contributed by atoms with Gasteiger partial charge in [-0.1, -0.05) is 42.1 Å². The second kappa shape index (κ2) is 5.57. The fraction of sp³-hybridized carbons (Fsp3) is 0.538. The van der Waals surface area contributed by atoms with Crippen molar-refractivity contribution < 1.29 is 5.11 Å². The third-order valence-electron chi connectivity index (χ3n) is 3.36. The SMILES string of the molecule is NCC(c1c(Cl)cccc1Cl)C(O)CC1CC1. The zero-order chi connectivity index (χ0) is 12.4. The lowest BCUT2D eigenvalue weighted by Crippen LogP contribution is -2.27. The van der Waals surface area contributed by atoms with E-state index in [2.05, 4.69) is 0 Å². The van der Waals surface area contributed by atoms with Crippen LogP contribution < -0.4 is 5.73 Å². The molecule has 4 heteroatoms. The van der Waals surface area contributed by atoms with Gasteiger partial charge in [0.05, 0.1) is 6.10 Å². The van der Waals surface area contributed by atoms with Gasteiger partial charge in [0.15, 0.2) is 0 Å². The zero-order valence-corrected chi connectivity index (χ0v) is 11.1. The Bertz CT molecular complexity index is 373. The molecule has 2 nitrogen and oxygen atoms in total. The topological polar surface area (TPSA) is 46.2 Å². The van der Waals surface area contributed by atoms with Gasteiger partial charge in [-0.15, -0.1) is 0 Å². The van der Waals surface area contributed by atoms with Gasteiger partial charge in [0.1, 0.15) is 0 Å². The van der Waals surface area contributed by atoms with Gasteiger partial charge in [-0.3, -0.25) is 0 Å². The van der Waals surface area contributed by atoms with E-state index in [0.29, 0.717) is 22.5 Å². The summed E-state index contributed by atoms with van der Waals surface area (Å²) in [5.74, 6) is 0.483. The lowest BCUT2D eigenvalue weighted by atomic mass is 9.90. The van der Waals surface area contributed by atoms with Crippen LogP contribution in [0.1, 0.15) is 30.7 Å². The average Bonchev–Trinajstić information content (AvgIpc) is 3.07. The maximum atomic E-state index is 10.2. The van der Waals surface area contributed by atoms with Gasteiger partial charge < -0.3 is 10.8 Å². The molecular weight excluding hydrogens is 257 g/mol. The van der Waals surface area contributed by atoms with Crippen molar-refractivity contribution in [3.63, 3.8) is 0 Å². The summed E-state index contributed by atoms with van der Waals surface area (Å²) in [5, 5.41) is 11.4. The Balaban J connectivity index is 2.20. The monoisotopic (exact) mass is 273 g/mol. The number of aliphatic hydroxyl groups is 1. The Morgan fingerprint density at radius 3 is 2.35 bits per heavy atom. The molecule has 0 aliphatic heterocycles. The molecule has 2 atom stereocenters. The summed E-state index contributed by atoms with van der Waals surface area (Å²) in [7, 11) is 0. The Labute approximate surface area is 112 Å². The van der Waals surface area contributed by atoms with Crippen LogP contribution in [0.25, 0.3) is 0 Å². The highest BCUT2D eigenvalue weighted by Gasteiger charge is 2.30. The second-order valence-corrected chi connectivity index (χ2v) is 5.54. The first-order chi connectivity index (χ1) is 8.13. The second-order valence-electron chi connectivity index (χ2n) is 4.72. The molecule has 1 aromatic carbocycles. The molecule has 0 saturated heterocycles. The van der Waals surface area contributed by atoms with Crippen LogP contribution in [-0.2, 0) is 0 Å². The molecule has 2 rings (SSSR count). The van der Waals surface area contributed by atoms with Crippen molar-refractivity contribution in [3.8, 4) is 0 Å². The van der Waals surface area contributed by atoms with Crippen molar-refractivity contribution in [1.82, 2.24) is 0 Å². The molecule has 1 aliphatic rings. The van der Waals surface area contributed by atoms with Crippen LogP contribution in [0, 0.1) is 5.92 Å². The summed E-state index contributed by atoms with van der Waals surface area (Å²) < 4.78 is 0. The van der Waals surface area contributed by atoms with Gasteiger partial charge in [-0.05, 0) is 30.0 Å². The molecule has 0 bridgehead atoms. The van der Waals surface area contributed by atoms with Crippen LogP contribution in [0.15, 0.2) is 18.2 Å². The molecule has 2 unspecified atom stereocenters. The minimum absolute atomic E-state index is 0.170. The van der Waals surface area contributed by atoms with E-state index in [1.807, 2.05) is 0 Å². The van der Waals surface area contributed by atoms with E-state index >= 15 is 0 Å². The van der Waals surface area contributed by atoms with Gasteiger partial charge in [0, 0.05) is 22.5 Å². The Morgan fingerprint density at radius 2 is 1.88 bits per heavy atom. The van der Waals surface area contributed by atoms with Crippen LogP contribution in [0.2, 0.25) is 10.0 Å². The van der Waals surface area contributed by atoms with E-state index in [-0.39, 0.29) is 5.92 Å². The predicted molar refractivity (Wildman–Crippen MR) is 71.6 cm³/mol. The molecule has 0 amide bonds. The third-order valence-corrected chi connectivity index (χ3v) is 4.02. The lowest BCUT2D eigenvalue weighted by molar-refractivity contribution is 0.129. The highest BCUT2D eigenvalue weighted by Crippen LogP contribution is 2.39. The Morgan fingerprint density at radius 1 is 1.29 bits per heavy atom. The van der Waals surface area contributed by atoms with Gasteiger partial charge in [0.25, 0.3) is 0 Å². The van der Waals surface area contributed by atoms with Crippen LogP contribution >= 0.6 is 23.2 Å². The summed E-state index contributed by atoms with van der Waals surface area (Å²) in [6.45, 7) is 0.358. The van der Waals surface area contributed by atoms with E-state index in [0.717, 1.165) is 12.0 Å². The molecule has 17 heavy (non-hydrogen) atoms. The number of hydrogen-bond acceptors (Lipinski definition) is 2. The van der Waals surface area contributed by atoms with Crippen molar-refractivity contribution in [2.45, 2.75) is 31.3 Å². The molecule has 0 aromatic heterocycles. The summed E-state index contributed by atoms with van der Waals surface area (Å²) in [4.78, 5) is 0. The van der Waals surface area contributed by atoms with Gasteiger partial charge >= 0.3 is 0 Å². The fourth-order valence-corrected chi connectivity index (χ4v) is 2.87. The molecule has 1 aromatic rings. The van der Waals surface area contributed by atoms with Gasteiger partial charge in [0.2, 0.25) is 0 Å². The molecule has 0 heterocycles. The quantitative estimate of drug-likeness (QED) is 0.866.